The highest BCUT2D eigenvalue weighted by Crippen LogP contribution is 2.46. The van der Waals surface area contributed by atoms with Crippen LogP contribution in [0.4, 0.5) is 51.1 Å². The van der Waals surface area contributed by atoms with E-state index in [0.29, 0.717) is 12.1 Å². The number of aryl methyl sites for hydroxylation is 1. The molecule has 0 bridgehead atoms. The molecule has 5 rings (SSSR count). The summed E-state index contributed by atoms with van der Waals surface area (Å²) in [7, 11) is 1.36. The van der Waals surface area contributed by atoms with Gasteiger partial charge < -0.3 is 19.0 Å². The molecule has 0 spiro atoms. The van der Waals surface area contributed by atoms with Gasteiger partial charge in [-0.05, 0) is 72.1 Å². The van der Waals surface area contributed by atoms with Crippen LogP contribution in [0.15, 0.2) is 59.2 Å². The zero-order valence-electron chi connectivity index (χ0n) is 23.8. The van der Waals surface area contributed by atoms with E-state index >= 15 is 0 Å². The van der Waals surface area contributed by atoms with Crippen LogP contribution in [0.25, 0.3) is 0 Å². The predicted octanol–water partition coefficient (Wildman–Crippen LogP) is 7.32. The number of ether oxygens (including phenoxy) is 1. The van der Waals surface area contributed by atoms with Gasteiger partial charge in [0.25, 0.3) is 11.9 Å². The molecule has 2 aromatic heterocycles. The van der Waals surface area contributed by atoms with Crippen LogP contribution in [0.3, 0.4) is 0 Å². The Labute approximate surface area is 254 Å². The maximum atomic E-state index is 13.7. The average molecular weight is 663 g/mol. The maximum Gasteiger partial charge on any atom is 0.573 e. The zero-order chi connectivity index (χ0) is 33.6. The van der Waals surface area contributed by atoms with Crippen molar-refractivity contribution in [1.82, 2.24) is 20.2 Å². The molecule has 2 atom stereocenters. The SMILES string of the molecule is CCC1CC(N(Cc2cc(C(F)(F)F)cc(C(F)(F)F)c2)c2nnn(C)n2)c2cc(OC(F)(F)F)ccc2N1C(=O)c1ccco1. The van der Waals surface area contributed by atoms with E-state index in [2.05, 4.69) is 20.1 Å². The number of tetrazole rings is 1. The number of anilines is 2. The van der Waals surface area contributed by atoms with Gasteiger partial charge in [0.2, 0.25) is 0 Å². The lowest BCUT2D eigenvalue weighted by molar-refractivity contribution is -0.274. The lowest BCUT2D eigenvalue weighted by Crippen LogP contribution is -2.47. The molecule has 0 radical (unpaired) electrons. The van der Waals surface area contributed by atoms with Crippen molar-refractivity contribution in [3.05, 3.63) is 82.8 Å². The van der Waals surface area contributed by atoms with Gasteiger partial charge in [-0.3, -0.25) is 4.79 Å². The third kappa shape index (κ3) is 6.89. The lowest BCUT2D eigenvalue weighted by atomic mass is 9.88. The number of hydrogen-bond donors (Lipinski definition) is 0. The molecule has 46 heavy (non-hydrogen) atoms. The molecule has 0 aliphatic carbocycles. The number of hydrogen-bond acceptors (Lipinski definition) is 7. The third-order valence-electron chi connectivity index (χ3n) is 7.26. The molecule has 0 saturated carbocycles. The first-order valence-corrected chi connectivity index (χ1v) is 13.5. The van der Waals surface area contributed by atoms with Gasteiger partial charge in [0.15, 0.2) is 5.76 Å². The molecule has 18 heteroatoms. The first-order chi connectivity index (χ1) is 21.4. The van der Waals surface area contributed by atoms with E-state index in [-0.39, 0.29) is 41.9 Å². The molecule has 2 aromatic carbocycles. The summed E-state index contributed by atoms with van der Waals surface area (Å²) < 4.78 is 131. The molecule has 0 N–H and O–H groups in total. The van der Waals surface area contributed by atoms with Crippen LogP contribution >= 0.6 is 0 Å². The molecule has 0 fully saturated rings. The minimum absolute atomic E-state index is 0.0175. The highest BCUT2D eigenvalue weighted by atomic mass is 19.4. The molecule has 1 aliphatic rings. The van der Waals surface area contributed by atoms with Crippen LogP contribution in [-0.4, -0.2) is 38.5 Å². The first kappa shape index (κ1) is 32.6. The molecule has 9 nitrogen and oxygen atoms in total. The van der Waals surface area contributed by atoms with Gasteiger partial charge in [0.05, 0.1) is 30.5 Å². The van der Waals surface area contributed by atoms with Gasteiger partial charge in [-0.15, -0.1) is 18.3 Å². The molecule has 3 heterocycles. The van der Waals surface area contributed by atoms with Crippen molar-refractivity contribution >= 4 is 17.5 Å². The van der Waals surface area contributed by atoms with Gasteiger partial charge in [-0.25, -0.2) is 0 Å². The zero-order valence-corrected chi connectivity index (χ0v) is 23.8. The van der Waals surface area contributed by atoms with E-state index in [0.717, 1.165) is 16.9 Å². The third-order valence-corrected chi connectivity index (χ3v) is 7.26. The van der Waals surface area contributed by atoms with Crippen LogP contribution in [0.2, 0.25) is 0 Å². The fourth-order valence-electron chi connectivity index (χ4n) is 5.36. The second-order valence-electron chi connectivity index (χ2n) is 10.4. The number of aromatic nitrogens is 4. The van der Waals surface area contributed by atoms with E-state index in [1.807, 2.05) is 0 Å². The number of halogens is 9. The Morgan fingerprint density at radius 1 is 1.00 bits per heavy atom. The number of alkyl halides is 9. The van der Waals surface area contributed by atoms with Gasteiger partial charge in [-0.1, -0.05) is 12.0 Å². The molecule has 1 aliphatic heterocycles. The summed E-state index contributed by atoms with van der Waals surface area (Å²) in [5.41, 5.74) is -3.43. The summed E-state index contributed by atoms with van der Waals surface area (Å²) >= 11 is 0. The Hall–Kier alpha value is -4.77. The van der Waals surface area contributed by atoms with Crippen LogP contribution < -0.4 is 14.5 Å². The summed E-state index contributed by atoms with van der Waals surface area (Å²) in [6, 6.07) is 5.34. The first-order valence-electron chi connectivity index (χ1n) is 13.5. The van der Waals surface area contributed by atoms with Crippen molar-refractivity contribution in [3.8, 4) is 5.75 Å². The largest absolute Gasteiger partial charge is 0.573 e. The van der Waals surface area contributed by atoms with Crippen LogP contribution in [-0.2, 0) is 25.9 Å². The Kier molecular flexibility index (Phi) is 8.41. The Morgan fingerprint density at radius 2 is 1.67 bits per heavy atom. The number of fused-ring (bicyclic) bond motifs is 1. The highest BCUT2D eigenvalue weighted by molar-refractivity contribution is 6.05. The number of benzene rings is 2. The van der Waals surface area contributed by atoms with E-state index in [1.165, 1.54) is 41.3 Å². The van der Waals surface area contributed by atoms with Crippen LogP contribution in [0, 0.1) is 0 Å². The van der Waals surface area contributed by atoms with Crippen molar-refractivity contribution in [2.24, 2.45) is 7.05 Å². The quantitative estimate of drug-likeness (QED) is 0.192. The summed E-state index contributed by atoms with van der Waals surface area (Å²) in [6.45, 7) is 1.07. The van der Waals surface area contributed by atoms with Gasteiger partial charge in [0.1, 0.15) is 5.75 Å². The number of carbonyl (C=O) groups is 1. The van der Waals surface area contributed by atoms with Crippen molar-refractivity contribution in [2.45, 2.75) is 57.1 Å². The fourth-order valence-corrected chi connectivity index (χ4v) is 5.36. The number of carbonyl (C=O) groups excluding carboxylic acids is 1. The van der Waals surface area contributed by atoms with Gasteiger partial charge >= 0.3 is 18.7 Å². The highest BCUT2D eigenvalue weighted by Gasteiger charge is 2.42. The van der Waals surface area contributed by atoms with Crippen LogP contribution in [0.5, 0.6) is 5.75 Å². The number of furan rings is 1. The second kappa shape index (κ2) is 11.9. The van der Waals surface area contributed by atoms with Crippen molar-refractivity contribution < 1.29 is 53.5 Å². The normalized spacial score (nSPS) is 17.2. The Morgan fingerprint density at radius 3 is 2.20 bits per heavy atom. The van der Waals surface area contributed by atoms with E-state index in [1.54, 1.807) is 6.92 Å². The number of rotatable bonds is 7. The minimum atomic E-state index is -5.13. The topological polar surface area (TPSA) is 89.5 Å². The number of amides is 1. The second-order valence-corrected chi connectivity index (χ2v) is 10.4. The molecular formula is C28H23F9N6O3. The summed E-state index contributed by atoms with van der Waals surface area (Å²) in [4.78, 5) is 17.1. The molecule has 246 valence electrons. The van der Waals surface area contributed by atoms with E-state index in [4.69, 9.17) is 4.42 Å². The molecular weight excluding hydrogens is 639 g/mol. The smallest absolute Gasteiger partial charge is 0.459 e. The molecule has 0 saturated heterocycles. The minimum Gasteiger partial charge on any atom is -0.459 e. The predicted molar refractivity (Wildman–Crippen MR) is 142 cm³/mol. The Balaban J connectivity index is 1.69. The summed E-state index contributed by atoms with van der Waals surface area (Å²) in [5.74, 6) is -1.62. The monoisotopic (exact) mass is 662 g/mol. The standard InChI is InChI=1S/C28H23F9N6O3/c1-3-18-12-22(20-13-19(46-28(35,36)37)6-7-21(20)43(18)24(44)23-5-4-8-45-23)42(25-38-40-41(2)39-25)14-15-9-16(26(29,30)31)11-17(10-15)27(32,33)34/h4-11,13,18,22H,3,12,14H2,1-2H3. The fraction of sp³-hybridized carbons (Fsp3) is 0.357. The maximum absolute atomic E-state index is 13.7. The molecule has 2 unspecified atom stereocenters. The van der Waals surface area contributed by atoms with Crippen molar-refractivity contribution in [3.63, 3.8) is 0 Å². The van der Waals surface area contributed by atoms with Gasteiger partial charge in [-0.2, -0.15) is 31.1 Å². The van der Waals surface area contributed by atoms with E-state index in [9.17, 15) is 44.3 Å². The number of nitrogens with zero attached hydrogens (tertiary/aromatic N) is 6. The summed E-state index contributed by atoms with van der Waals surface area (Å²) in [6.07, 6.45) is -13.9. The van der Waals surface area contributed by atoms with Crippen LogP contribution in [0.1, 0.15) is 58.6 Å². The van der Waals surface area contributed by atoms with Crippen molar-refractivity contribution in [2.75, 3.05) is 9.80 Å². The Bertz CT molecular complexity index is 1670. The molecule has 1 amide bonds. The van der Waals surface area contributed by atoms with Crippen molar-refractivity contribution in [1.29, 1.82) is 0 Å². The average Bonchev–Trinajstić information content (AvgIpc) is 3.65. The molecule has 4 aromatic rings. The van der Waals surface area contributed by atoms with E-state index < -0.39 is 65.7 Å². The lowest BCUT2D eigenvalue weighted by Gasteiger charge is -2.44. The summed E-state index contributed by atoms with van der Waals surface area (Å²) in [5, 5.41) is 11.7. The van der Waals surface area contributed by atoms with Gasteiger partial charge in [0, 0.05) is 23.8 Å².